The molecule has 0 saturated carbocycles. The highest BCUT2D eigenvalue weighted by molar-refractivity contribution is 5.94. The first kappa shape index (κ1) is 17.5. The molecule has 0 aliphatic rings. The molecular formula is C18H20N2O4. The van der Waals surface area contributed by atoms with E-state index in [1.165, 1.54) is 14.0 Å². The zero-order valence-corrected chi connectivity index (χ0v) is 13.7. The number of benzene rings is 1. The summed E-state index contributed by atoms with van der Waals surface area (Å²) in [5, 5.41) is 2.78. The van der Waals surface area contributed by atoms with Gasteiger partial charge in [-0.05, 0) is 43.2 Å². The van der Waals surface area contributed by atoms with Crippen LogP contribution in [0, 0.1) is 0 Å². The van der Waals surface area contributed by atoms with Crippen molar-refractivity contribution in [2.24, 2.45) is 0 Å². The SMILES string of the molecule is COc1cc(C(C)=O)ccc1OCC(=O)NCCc1cccnc1. The Morgan fingerprint density at radius 3 is 2.71 bits per heavy atom. The molecule has 6 nitrogen and oxygen atoms in total. The molecule has 2 aromatic rings. The van der Waals surface area contributed by atoms with Crippen LogP contribution in [0.5, 0.6) is 11.5 Å². The number of nitrogens with one attached hydrogen (secondary N) is 1. The fourth-order valence-electron chi connectivity index (χ4n) is 2.09. The molecule has 0 fully saturated rings. The molecule has 0 unspecified atom stereocenters. The predicted octanol–water partition coefficient (Wildman–Crippen LogP) is 2.03. The van der Waals surface area contributed by atoms with Gasteiger partial charge in [0.05, 0.1) is 7.11 Å². The summed E-state index contributed by atoms with van der Waals surface area (Å²) in [5.41, 5.74) is 1.58. The van der Waals surface area contributed by atoms with Gasteiger partial charge in [-0.2, -0.15) is 0 Å². The van der Waals surface area contributed by atoms with Gasteiger partial charge in [-0.3, -0.25) is 14.6 Å². The van der Waals surface area contributed by atoms with Crippen LogP contribution >= 0.6 is 0 Å². The first-order chi connectivity index (χ1) is 11.6. The molecule has 0 saturated heterocycles. The van der Waals surface area contributed by atoms with Gasteiger partial charge in [0.25, 0.3) is 5.91 Å². The van der Waals surface area contributed by atoms with Crippen molar-refractivity contribution in [2.75, 3.05) is 20.3 Å². The minimum atomic E-state index is -0.225. The molecular weight excluding hydrogens is 308 g/mol. The summed E-state index contributed by atoms with van der Waals surface area (Å²) in [6.07, 6.45) is 4.18. The number of amides is 1. The standard InChI is InChI=1S/C18H20N2O4/c1-13(21)15-5-6-16(17(10-15)23-2)24-12-18(22)20-9-7-14-4-3-8-19-11-14/h3-6,8,10-11H,7,9,12H2,1-2H3,(H,20,22). The van der Waals surface area contributed by atoms with Crippen molar-refractivity contribution in [3.05, 3.63) is 53.9 Å². The fraction of sp³-hybridized carbons (Fsp3) is 0.278. The summed E-state index contributed by atoms with van der Waals surface area (Å²) in [5.74, 6) is 0.556. The lowest BCUT2D eigenvalue weighted by molar-refractivity contribution is -0.123. The van der Waals surface area contributed by atoms with E-state index >= 15 is 0 Å². The third kappa shape index (κ3) is 5.08. The summed E-state index contributed by atoms with van der Waals surface area (Å²) in [7, 11) is 1.49. The molecule has 1 aromatic carbocycles. The van der Waals surface area contributed by atoms with Gasteiger partial charge in [0, 0.05) is 24.5 Å². The molecule has 1 aromatic heterocycles. The molecule has 0 bridgehead atoms. The Morgan fingerprint density at radius 1 is 1.21 bits per heavy atom. The Kier molecular flexibility index (Phi) is 6.31. The molecule has 0 aliphatic carbocycles. The summed E-state index contributed by atoms with van der Waals surface area (Å²) in [6, 6.07) is 8.67. The highest BCUT2D eigenvalue weighted by atomic mass is 16.5. The first-order valence-corrected chi connectivity index (χ1v) is 7.57. The second-order valence-corrected chi connectivity index (χ2v) is 5.17. The topological polar surface area (TPSA) is 77.5 Å². The molecule has 1 amide bonds. The lowest BCUT2D eigenvalue weighted by Gasteiger charge is -2.11. The average molecular weight is 328 g/mol. The number of ether oxygens (including phenoxy) is 2. The van der Waals surface area contributed by atoms with Crippen LogP contribution in [-0.2, 0) is 11.2 Å². The van der Waals surface area contributed by atoms with Crippen molar-refractivity contribution in [1.82, 2.24) is 10.3 Å². The third-order valence-corrected chi connectivity index (χ3v) is 3.39. The molecule has 24 heavy (non-hydrogen) atoms. The normalized spacial score (nSPS) is 10.1. The molecule has 0 radical (unpaired) electrons. The largest absolute Gasteiger partial charge is 0.493 e. The molecule has 1 N–H and O–H groups in total. The predicted molar refractivity (Wildman–Crippen MR) is 89.4 cm³/mol. The average Bonchev–Trinajstić information content (AvgIpc) is 2.60. The number of nitrogens with zero attached hydrogens (tertiary/aromatic N) is 1. The lowest BCUT2D eigenvalue weighted by atomic mass is 10.1. The van der Waals surface area contributed by atoms with Gasteiger partial charge in [0.1, 0.15) is 0 Å². The maximum absolute atomic E-state index is 11.8. The van der Waals surface area contributed by atoms with Gasteiger partial charge in [0.2, 0.25) is 0 Å². The van der Waals surface area contributed by atoms with Crippen LogP contribution in [0.25, 0.3) is 0 Å². The molecule has 1 heterocycles. The van der Waals surface area contributed by atoms with Gasteiger partial charge in [0.15, 0.2) is 23.9 Å². The van der Waals surface area contributed by atoms with E-state index in [0.717, 1.165) is 5.56 Å². The van der Waals surface area contributed by atoms with E-state index in [9.17, 15) is 9.59 Å². The first-order valence-electron chi connectivity index (χ1n) is 7.57. The van der Waals surface area contributed by atoms with Crippen molar-refractivity contribution in [1.29, 1.82) is 0 Å². The van der Waals surface area contributed by atoms with Crippen LogP contribution in [0.4, 0.5) is 0 Å². The second-order valence-electron chi connectivity index (χ2n) is 5.17. The van der Waals surface area contributed by atoms with Gasteiger partial charge in [-0.1, -0.05) is 6.07 Å². The van der Waals surface area contributed by atoms with Crippen molar-refractivity contribution in [3.8, 4) is 11.5 Å². The van der Waals surface area contributed by atoms with E-state index in [1.54, 1.807) is 30.6 Å². The Morgan fingerprint density at radius 2 is 2.04 bits per heavy atom. The molecule has 0 atom stereocenters. The Balaban J connectivity index is 1.82. The summed E-state index contributed by atoms with van der Waals surface area (Å²) in [4.78, 5) is 27.2. The van der Waals surface area contributed by atoms with Gasteiger partial charge in [-0.15, -0.1) is 0 Å². The monoisotopic (exact) mass is 328 g/mol. The number of aromatic nitrogens is 1. The smallest absolute Gasteiger partial charge is 0.257 e. The van der Waals surface area contributed by atoms with Crippen LogP contribution in [0.3, 0.4) is 0 Å². The minimum absolute atomic E-state index is 0.0620. The number of ketones is 1. The van der Waals surface area contributed by atoms with E-state index in [-0.39, 0.29) is 18.3 Å². The van der Waals surface area contributed by atoms with Crippen LogP contribution < -0.4 is 14.8 Å². The van der Waals surface area contributed by atoms with E-state index in [1.807, 2.05) is 12.1 Å². The molecule has 2 rings (SSSR count). The second kappa shape index (κ2) is 8.67. The van der Waals surface area contributed by atoms with E-state index < -0.39 is 0 Å². The zero-order valence-electron chi connectivity index (χ0n) is 13.7. The fourth-order valence-corrected chi connectivity index (χ4v) is 2.09. The molecule has 126 valence electrons. The number of pyridine rings is 1. The minimum Gasteiger partial charge on any atom is -0.493 e. The van der Waals surface area contributed by atoms with E-state index in [2.05, 4.69) is 10.3 Å². The highest BCUT2D eigenvalue weighted by Crippen LogP contribution is 2.28. The Labute approximate surface area is 140 Å². The molecule has 0 aliphatic heterocycles. The van der Waals surface area contributed by atoms with Crippen molar-refractivity contribution < 1.29 is 19.1 Å². The van der Waals surface area contributed by atoms with Crippen molar-refractivity contribution in [2.45, 2.75) is 13.3 Å². The van der Waals surface area contributed by atoms with Gasteiger partial charge >= 0.3 is 0 Å². The van der Waals surface area contributed by atoms with Crippen LogP contribution in [-0.4, -0.2) is 36.9 Å². The lowest BCUT2D eigenvalue weighted by Crippen LogP contribution is -2.30. The number of carbonyl (C=O) groups excluding carboxylic acids is 2. The van der Waals surface area contributed by atoms with Crippen LogP contribution in [0.2, 0.25) is 0 Å². The maximum Gasteiger partial charge on any atom is 0.257 e. The number of Topliss-reactive ketones (excluding diaryl/α,β-unsaturated/α-hetero) is 1. The Hall–Kier alpha value is -2.89. The van der Waals surface area contributed by atoms with Crippen molar-refractivity contribution in [3.63, 3.8) is 0 Å². The summed E-state index contributed by atoms with van der Waals surface area (Å²) in [6.45, 7) is 1.86. The maximum atomic E-state index is 11.8. The van der Waals surface area contributed by atoms with Gasteiger partial charge < -0.3 is 14.8 Å². The number of methoxy groups -OCH3 is 1. The quantitative estimate of drug-likeness (QED) is 0.750. The Bertz CT molecular complexity index is 701. The molecule has 6 heteroatoms. The zero-order chi connectivity index (χ0) is 17.4. The van der Waals surface area contributed by atoms with Crippen molar-refractivity contribution >= 4 is 11.7 Å². The van der Waals surface area contributed by atoms with Crippen LogP contribution in [0.1, 0.15) is 22.8 Å². The number of rotatable bonds is 8. The van der Waals surface area contributed by atoms with E-state index in [4.69, 9.17) is 9.47 Å². The molecule has 0 spiro atoms. The van der Waals surface area contributed by atoms with Crippen LogP contribution in [0.15, 0.2) is 42.7 Å². The number of carbonyl (C=O) groups is 2. The highest BCUT2D eigenvalue weighted by Gasteiger charge is 2.10. The summed E-state index contributed by atoms with van der Waals surface area (Å²) < 4.78 is 10.7. The van der Waals surface area contributed by atoms with E-state index in [0.29, 0.717) is 30.0 Å². The number of hydrogen-bond donors (Lipinski definition) is 1. The third-order valence-electron chi connectivity index (χ3n) is 3.39. The number of hydrogen-bond acceptors (Lipinski definition) is 5. The van der Waals surface area contributed by atoms with Gasteiger partial charge in [-0.25, -0.2) is 0 Å². The summed E-state index contributed by atoms with van der Waals surface area (Å²) >= 11 is 0.